The van der Waals surface area contributed by atoms with Crippen LogP contribution in [-0.2, 0) is 55.8 Å². The minimum absolute atomic E-state index is 0.0132. The summed E-state index contributed by atoms with van der Waals surface area (Å²) < 4.78 is 38.4. The van der Waals surface area contributed by atoms with Crippen LogP contribution in [0, 0.1) is 11.3 Å². The number of likely N-dealkylation sites (tertiary alicyclic amines) is 1. The normalized spacial score (nSPS) is 27.3. The van der Waals surface area contributed by atoms with Crippen molar-refractivity contribution in [2.24, 2.45) is 11.3 Å². The highest BCUT2D eigenvalue weighted by atomic mass is 32.1. The van der Waals surface area contributed by atoms with Crippen LogP contribution in [0.25, 0.3) is 33.4 Å². The summed E-state index contributed by atoms with van der Waals surface area (Å²) in [5.41, 5.74) is 9.08. The zero-order valence-corrected chi connectivity index (χ0v) is 39.5. The van der Waals surface area contributed by atoms with Gasteiger partial charge in [0, 0.05) is 97.9 Å². The number of aromatic nitrogens is 3. The Labute approximate surface area is 389 Å². The van der Waals surface area contributed by atoms with E-state index in [-0.39, 0.29) is 42.1 Å². The molecular weight excluding hydrogens is 863 g/mol. The minimum atomic E-state index is -1.04. The van der Waals surface area contributed by atoms with Gasteiger partial charge < -0.3 is 38.3 Å². The third-order valence-electron chi connectivity index (χ3n) is 14.4. The molecule has 0 unspecified atom stereocenters. The molecule has 6 aliphatic heterocycles. The number of nitrogens with one attached hydrogen (secondary N) is 2. The molecule has 6 atom stereocenters. The molecule has 354 valence electrons. The van der Waals surface area contributed by atoms with Crippen molar-refractivity contribution in [3.63, 3.8) is 0 Å². The Morgan fingerprint density at radius 3 is 2.67 bits per heavy atom. The highest BCUT2D eigenvalue weighted by Crippen LogP contribution is 2.45. The molecule has 6 aliphatic rings. The van der Waals surface area contributed by atoms with Crippen LogP contribution in [0.1, 0.15) is 88.2 Å². The molecule has 16 nitrogen and oxygen atoms in total. The molecule has 1 spiro atoms. The van der Waals surface area contributed by atoms with Crippen molar-refractivity contribution < 1.29 is 42.8 Å². The number of carbonyl (C=O) groups is 3. The van der Waals surface area contributed by atoms with Gasteiger partial charge in [-0.1, -0.05) is 26.8 Å². The fourth-order valence-corrected chi connectivity index (χ4v) is 11.5. The molecule has 0 saturated carbocycles. The monoisotopic (exact) mass is 925 g/mol. The number of hydrogen-bond donors (Lipinski definition) is 2. The number of cyclic esters (lactones) is 1. The van der Waals surface area contributed by atoms with Crippen LogP contribution in [0.2, 0.25) is 0 Å². The zero-order valence-electron chi connectivity index (χ0n) is 38.7. The quantitative estimate of drug-likeness (QED) is 0.195. The van der Waals surface area contributed by atoms with E-state index in [1.54, 1.807) is 7.11 Å². The molecule has 66 heavy (non-hydrogen) atoms. The van der Waals surface area contributed by atoms with Crippen LogP contribution in [0.15, 0.2) is 41.9 Å². The molecule has 3 aromatic heterocycles. The van der Waals surface area contributed by atoms with E-state index in [9.17, 15) is 9.59 Å². The number of esters is 1. The Balaban J connectivity index is 1.11. The maximum atomic E-state index is 15.0. The van der Waals surface area contributed by atoms with Crippen molar-refractivity contribution in [1.82, 2.24) is 35.2 Å². The Hall–Kier alpha value is -4.33. The first-order chi connectivity index (χ1) is 31.9. The molecule has 4 aromatic rings. The number of carbonyl (C=O) groups excluding carboxylic acids is 3. The zero-order chi connectivity index (χ0) is 45.7. The molecule has 2 amide bonds. The summed E-state index contributed by atoms with van der Waals surface area (Å²) in [6.07, 6.45) is 5.30. The lowest BCUT2D eigenvalue weighted by Crippen LogP contribution is -2.72. The fourth-order valence-electron chi connectivity index (χ4n) is 10.5. The van der Waals surface area contributed by atoms with E-state index in [0.717, 1.165) is 63.9 Å². The van der Waals surface area contributed by atoms with E-state index in [1.807, 2.05) is 26.1 Å². The predicted octanol–water partition coefficient (Wildman–Crippen LogP) is 5.39. The third kappa shape index (κ3) is 8.81. The summed E-state index contributed by atoms with van der Waals surface area (Å²) >= 11 is 1.48. The second-order valence-electron chi connectivity index (χ2n) is 19.9. The van der Waals surface area contributed by atoms with Gasteiger partial charge in [0.1, 0.15) is 23.2 Å². The van der Waals surface area contributed by atoms with Crippen molar-refractivity contribution in [3.8, 4) is 22.5 Å². The first-order valence-electron chi connectivity index (χ1n) is 23.7. The first kappa shape index (κ1) is 45.5. The van der Waals surface area contributed by atoms with Gasteiger partial charge in [0.15, 0.2) is 0 Å². The van der Waals surface area contributed by atoms with Crippen molar-refractivity contribution in [2.75, 3.05) is 66.4 Å². The Morgan fingerprint density at radius 2 is 1.94 bits per heavy atom. The van der Waals surface area contributed by atoms with Gasteiger partial charge in [0.2, 0.25) is 5.91 Å². The number of benzene rings is 1. The van der Waals surface area contributed by atoms with Gasteiger partial charge in [-0.3, -0.25) is 29.3 Å². The van der Waals surface area contributed by atoms with Crippen LogP contribution < -0.4 is 10.7 Å². The van der Waals surface area contributed by atoms with Crippen LogP contribution in [0.3, 0.4) is 0 Å². The molecule has 5 saturated heterocycles. The molecule has 5 fully saturated rings. The number of ether oxygens (including phenoxy) is 6. The van der Waals surface area contributed by atoms with Crippen molar-refractivity contribution in [2.45, 2.75) is 115 Å². The van der Waals surface area contributed by atoms with E-state index in [4.69, 9.17) is 38.4 Å². The van der Waals surface area contributed by atoms with E-state index in [1.165, 1.54) is 16.3 Å². The van der Waals surface area contributed by atoms with E-state index in [0.29, 0.717) is 83.5 Å². The predicted molar refractivity (Wildman–Crippen MR) is 246 cm³/mol. The van der Waals surface area contributed by atoms with E-state index >= 15 is 4.79 Å². The number of nitrogens with zero attached hydrogens (tertiary/aromatic N) is 5. The highest BCUT2D eigenvalue weighted by Gasteiger charge is 2.55. The molecule has 0 radical (unpaired) electrons. The summed E-state index contributed by atoms with van der Waals surface area (Å²) in [5, 5.41) is 8.45. The van der Waals surface area contributed by atoms with Crippen molar-refractivity contribution in [1.29, 1.82) is 0 Å². The summed E-state index contributed by atoms with van der Waals surface area (Å²) in [7, 11) is 1.70. The number of thiazole rings is 1. The third-order valence-corrected chi connectivity index (χ3v) is 15.4. The molecular formula is C49H63N7O9S. The number of hydrogen-bond acceptors (Lipinski definition) is 14. The molecule has 0 aliphatic carbocycles. The Kier molecular flexibility index (Phi) is 12.8. The van der Waals surface area contributed by atoms with Crippen LogP contribution in [0.4, 0.5) is 0 Å². The molecule has 6 bridgehead atoms. The van der Waals surface area contributed by atoms with E-state index in [2.05, 4.69) is 63.7 Å². The minimum Gasteiger partial charge on any atom is -0.464 e. The van der Waals surface area contributed by atoms with Crippen molar-refractivity contribution >= 4 is 40.0 Å². The molecule has 17 heteroatoms. The van der Waals surface area contributed by atoms with Gasteiger partial charge in [-0.05, 0) is 68.9 Å². The second kappa shape index (κ2) is 18.6. The van der Waals surface area contributed by atoms with Crippen LogP contribution in [0.5, 0.6) is 0 Å². The Bertz CT molecular complexity index is 2440. The van der Waals surface area contributed by atoms with Crippen molar-refractivity contribution in [3.05, 3.63) is 58.2 Å². The number of hydrazine groups is 1. The molecule has 2 N–H and O–H groups in total. The topological polar surface area (TPSA) is 168 Å². The van der Waals surface area contributed by atoms with Gasteiger partial charge >= 0.3 is 5.97 Å². The van der Waals surface area contributed by atoms with Gasteiger partial charge in [0.05, 0.1) is 67.4 Å². The number of methoxy groups -OCH3 is 1. The molecule has 10 rings (SSSR count). The summed E-state index contributed by atoms with van der Waals surface area (Å²) in [4.78, 5) is 55.5. The lowest BCUT2D eigenvalue weighted by Gasteiger charge is -2.58. The standard InChI is InChI=1S/C49H63N7O9S/c1-29-24-63-43(29)44(57)52-40-42(54-26-49(27-54)14-20-65-49)45-51-37(25-66-45)31-10-11-38-34(22-31)35(23-48(3,4)28-64-47(59)36-9-7-16-56(53-36)46(40)58)41(33-8-6-15-50-39(33)30(2)60-5)55(38)17-21-62-32-12-18-61-19-13-32/h6,8,10-11,15,22,25,29-30,32,36,40,42-43,53H,7,9,12-14,16-21,23-24,26-28H2,1-5H3,(H,52,57)/t29-,30-,36-,40-,42-,43+/m0/s1. The Morgan fingerprint density at radius 1 is 1.12 bits per heavy atom. The maximum Gasteiger partial charge on any atom is 0.324 e. The summed E-state index contributed by atoms with van der Waals surface area (Å²) in [6.45, 7) is 13.6. The number of amides is 2. The number of pyridine rings is 1. The lowest BCUT2D eigenvalue weighted by atomic mass is 9.83. The second-order valence-corrected chi connectivity index (χ2v) is 20.8. The SMILES string of the molecule is CO[C@@H](C)c1ncccc1-c1c2c3cc(ccc3n1CCOC1CCOCC1)-c1csc(n1)[C@@H](N1CC3(CCO3)C1)[C@H](NC(=O)[C@@H]1OC[C@@H]1C)C(=O)N1CCC[C@H](N1)C(=O)OCC(C)(C)C2. The van der Waals surface area contributed by atoms with Gasteiger partial charge in [-0.25, -0.2) is 10.4 Å². The average Bonchev–Trinajstić information content (AvgIpc) is 3.89. The fraction of sp³-hybridized carbons (Fsp3) is 0.612. The largest absolute Gasteiger partial charge is 0.464 e. The van der Waals surface area contributed by atoms with Gasteiger partial charge in [-0.15, -0.1) is 11.3 Å². The molecule has 1 aromatic carbocycles. The number of fused-ring (bicyclic) bond motifs is 6. The molecule has 9 heterocycles. The van der Waals surface area contributed by atoms with E-state index < -0.39 is 35.6 Å². The lowest BCUT2D eigenvalue weighted by molar-refractivity contribution is -0.233. The first-order valence-corrected chi connectivity index (χ1v) is 24.6. The highest BCUT2D eigenvalue weighted by molar-refractivity contribution is 7.10. The van der Waals surface area contributed by atoms with Gasteiger partial charge in [0.25, 0.3) is 5.91 Å². The number of rotatable bonds is 10. The summed E-state index contributed by atoms with van der Waals surface area (Å²) in [5.74, 6) is -1.09. The average molecular weight is 926 g/mol. The smallest absolute Gasteiger partial charge is 0.324 e. The van der Waals surface area contributed by atoms with Crippen LogP contribution in [-0.4, -0.2) is 139 Å². The van der Waals surface area contributed by atoms with Gasteiger partial charge in [-0.2, -0.15) is 0 Å². The maximum absolute atomic E-state index is 15.0. The van der Waals surface area contributed by atoms with Crippen LogP contribution >= 0.6 is 11.3 Å². The summed E-state index contributed by atoms with van der Waals surface area (Å²) in [6, 6.07) is 8.19.